The fourth-order valence-corrected chi connectivity index (χ4v) is 2.16. The van der Waals surface area contributed by atoms with Gasteiger partial charge >= 0.3 is 0 Å². The molecule has 0 unspecified atom stereocenters. The molecule has 94 valence electrons. The average Bonchev–Trinajstić information content (AvgIpc) is 2.81. The predicted octanol–water partition coefficient (Wildman–Crippen LogP) is 2.87. The number of hydrogen-bond acceptors (Lipinski definition) is 2. The summed E-state index contributed by atoms with van der Waals surface area (Å²) < 4.78 is 0. The molecule has 0 bridgehead atoms. The van der Waals surface area contributed by atoms with E-state index < -0.39 is 0 Å². The van der Waals surface area contributed by atoms with Crippen molar-refractivity contribution in [2.45, 2.75) is 27.7 Å². The SMILES string of the molecule is Cc1c(C=O)[nH]c(-c2[nH]c(C=O)c(C)c2C)c1C. The van der Waals surface area contributed by atoms with Gasteiger partial charge < -0.3 is 9.97 Å². The van der Waals surface area contributed by atoms with Gasteiger partial charge in [0.2, 0.25) is 0 Å². The molecule has 4 nitrogen and oxygen atoms in total. The third kappa shape index (κ3) is 1.61. The van der Waals surface area contributed by atoms with Gasteiger partial charge in [-0.2, -0.15) is 0 Å². The summed E-state index contributed by atoms with van der Waals surface area (Å²) in [5.74, 6) is 0. The molecule has 0 aromatic carbocycles. The van der Waals surface area contributed by atoms with E-state index in [4.69, 9.17) is 0 Å². The number of carbonyl (C=O) groups excluding carboxylic acids is 2. The minimum atomic E-state index is 0.585. The van der Waals surface area contributed by atoms with Crippen LogP contribution in [0.4, 0.5) is 0 Å². The Bertz CT molecular complexity index is 577. The molecule has 0 amide bonds. The van der Waals surface area contributed by atoms with Crippen molar-refractivity contribution in [3.05, 3.63) is 33.6 Å². The summed E-state index contributed by atoms with van der Waals surface area (Å²) in [6.07, 6.45) is 1.63. The van der Waals surface area contributed by atoms with Crippen molar-refractivity contribution in [2.75, 3.05) is 0 Å². The number of nitrogens with one attached hydrogen (secondary N) is 2. The third-order valence-corrected chi connectivity index (χ3v) is 3.69. The maximum Gasteiger partial charge on any atom is 0.166 e. The molecule has 0 atom stereocenters. The second kappa shape index (κ2) is 4.29. The van der Waals surface area contributed by atoms with Gasteiger partial charge in [0.15, 0.2) is 12.6 Å². The van der Waals surface area contributed by atoms with Crippen LogP contribution in [0, 0.1) is 27.7 Å². The Labute approximate surface area is 105 Å². The normalized spacial score (nSPS) is 10.7. The van der Waals surface area contributed by atoms with Gasteiger partial charge in [-0.3, -0.25) is 9.59 Å². The van der Waals surface area contributed by atoms with Crippen LogP contribution < -0.4 is 0 Å². The maximum absolute atomic E-state index is 10.9. The Morgan fingerprint density at radius 2 is 1.00 bits per heavy atom. The summed E-state index contributed by atoms with van der Waals surface area (Å²) in [7, 11) is 0. The Morgan fingerprint density at radius 1 is 0.667 bits per heavy atom. The smallest absolute Gasteiger partial charge is 0.166 e. The lowest BCUT2D eigenvalue weighted by Crippen LogP contribution is -1.85. The number of aromatic nitrogens is 2. The number of carbonyl (C=O) groups is 2. The van der Waals surface area contributed by atoms with Gasteiger partial charge in [-0.1, -0.05) is 0 Å². The molecule has 0 fully saturated rings. The molecule has 0 saturated carbocycles. The lowest BCUT2D eigenvalue weighted by atomic mass is 10.1. The van der Waals surface area contributed by atoms with Crippen molar-refractivity contribution in [1.82, 2.24) is 9.97 Å². The second-order valence-electron chi connectivity index (χ2n) is 4.56. The van der Waals surface area contributed by atoms with Crippen molar-refractivity contribution in [3.63, 3.8) is 0 Å². The van der Waals surface area contributed by atoms with E-state index in [1.54, 1.807) is 0 Å². The van der Waals surface area contributed by atoms with Gasteiger partial charge in [0.1, 0.15) is 0 Å². The van der Waals surface area contributed by atoms with Crippen LogP contribution in [0.1, 0.15) is 43.2 Å². The third-order valence-electron chi connectivity index (χ3n) is 3.69. The van der Waals surface area contributed by atoms with Crippen LogP contribution >= 0.6 is 0 Å². The highest BCUT2D eigenvalue weighted by Gasteiger charge is 2.17. The number of H-pyrrole nitrogens is 2. The first-order valence-corrected chi connectivity index (χ1v) is 5.80. The van der Waals surface area contributed by atoms with Crippen LogP contribution in [0.15, 0.2) is 0 Å². The fraction of sp³-hybridized carbons (Fsp3) is 0.286. The zero-order valence-electron chi connectivity index (χ0n) is 11.0. The molecule has 2 aromatic rings. The molecule has 2 N–H and O–H groups in total. The monoisotopic (exact) mass is 244 g/mol. The van der Waals surface area contributed by atoms with E-state index in [1.807, 2.05) is 27.7 Å². The van der Waals surface area contributed by atoms with E-state index in [2.05, 4.69) is 9.97 Å². The van der Waals surface area contributed by atoms with Crippen LogP contribution in [0.5, 0.6) is 0 Å². The molecule has 2 heterocycles. The van der Waals surface area contributed by atoms with Crippen LogP contribution in [0.3, 0.4) is 0 Å². The van der Waals surface area contributed by atoms with E-state index in [-0.39, 0.29) is 0 Å². The molecule has 2 rings (SSSR count). The molecule has 0 spiro atoms. The Balaban J connectivity index is 2.69. The zero-order chi connectivity index (χ0) is 13.4. The summed E-state index contributed by atoms with van der Waals surface area (Å²) in [5.41, 5.74) is 6.87. The van der Waals surface area contributed by atoms with Gasteiger partial charge in [-0.05, 0) is 49.9 Å². The summed E-state index contributed by atoms with van der Waals surface area (Å²) in [6.45, 7) is 7.74. The zero-order valence-corrected chi connectivity index (χ0v) is 11.0. The molecule has 0 radical (unpaired) electrons. The number of aldehydes is 2. The van der Waals surface area contributed by atoms with Gasteiger partial charge in [-0.15, -0.1) is 0 Å². The lowest BCUT2D eigenvalue weighted by molar-refractivity contribution is 0.111. The highest BCUT2D eigenvalue weighted by atomic mass is 16.1. The molecule has 0 aliphatic carbocycles. The van der Waals surface area contributed by atoms with Crippen molar-refractivity contribution >= 4 is 12.6 Å². The van der Waals surface area contributed by atoms with Crippen LogP contribution in [-0.2, 0) is 0 Å². The van der Waals surface area contributed by atoms with E-state index >= 15 is 0 Å². The molecule has 18 heavy (non-hydrogen) atoms. The average molecular weight is 244 g/mol. The molecule has 2 aromatic heterocycles. The Hall–Kier alpha value is -2.10. The Kier molecular flexibility index (Phi) is 2.95. The van der Waals surface area contributed by atoms with Crippen LogP contribution in [0.2, 0.25) is 0 Å². The largest absolute Gasteiger partial charge is 0.351 e. The highest BCUT2D eigenvalue weighted by Crippen LogP contribution is 2.30. The van der Waals surface area contributed by atoms with Crippen LogP contribution in [0.25, 0.3) is 11.4 Å². The molecule has 4 heteroatoms. The number of rotatable bonds is 3. The summed E-state index contributed by atoms with van der Waals surface area (Å²) in [5, 5.41) is 0. The first kappa shape index (κ1) is 12.4. The first-order chi connectivity index (χ1) is 8.51. The van der Waals surface area contributed by atoms with Crippen molar-refractivity contribution in [2.24, 2.45) is 0 Å². The van der Waals surface area contributed by atoms with Crippen molar-refractivity contribution < 1.29 is 9.59 Å². The molecule has 0 aliphatic rings. The van der Waals surface area contributed by atoms with Crippen LogP contribution in [-0.4, -0.2) is 22.5 Å². The number of aromatic amines is 2. The quantitative estimate of drug-likeness (QED) is 0.815. The highest BCUT2D eigenvalue weighted by molar-refractivity contribution is 5.83. The van der Waals surface area contributed by atoms with E-state index in [1.165, 1.54) is 0 Å². The minimum absolute atomic E-state index is 0.585. The standard InChI is InChI=1S/C14H16N2O2/c1-7-9(3)13(15-11(7)5-17)14-10(4)8(2)12(6-18)16-14/h5-6,15-16H,1-4H3. The van der Waals surface area contributed by atoms with E-state index in [0.29, 0.717) is 11.4 Å². The number of hydrogen-bond donors (Lipinski definition) is 2. The van der Waals surface area contributed by atoms with Crippen molar-refractivity contribution in [3.8, 4) is 11.4 Å². The molecular weight excluding hydrogens is 228 g/mol. The summed E-state index contributed by atoms with van der Waals surface area (Å²) in [4.78, 5) is 28.1. The van der Waals surface area contributed by atoms with Gasteiger partial charge in [0.05, 0.1) is 22.8 Å². The maximum atomic E-state index is 10.9. The molecular formula is C14H16N2O2. The van der Waals surface area contributed by atoms with E-state index in [0.717, 1.165) is 46.2 Å². The van der Waals surface area contributed by atoms with Gasteiger partial charge in [-0.25, -0.2) is 0 Å². The minimum Gasteiger partial charge on any atom is -0.351 e. The Morgan fingerprint density at radius 3 is 1.22 bits per heavy atom. The predicted molar refractivity (Wildman–Crippen MR) is 70.3 cm³/mol. The first-order valence-electron chi connectivity index (χ1n) is 5.80. The summed E-state index contributed by atoms with van der Waals surface area (Å²) >= 11 is 0. The summed E-state index contributed by atoms with van der Waals surface area (Å²) in [6, 6.07) is 0. The lowest BCUT2D eigenvalue weighted by Gasteiger charge is -2.00. The molecule has 0 saturated heterocycles. The van der Waals surface area contributed by atoms with Crippen molar-refractivity contribution in [1.29, 1.82) is 0 Å². The second-order valence-corrected chi connectivity index (χ2v) is 4.56. The molecule has 0 aliphatic heterocycles. The fourth-order valence-electron chi connectivity index (χ4n) is 2.16. The van der Waals surface area contributed by atoms with Gasteiger partial charge in [0.25, 0.3) is 0 Å². The van der Waals surface area contributed by atoms with E-state index in [9.17, 15) is 9.59 Å². The topological polar surface area (TPSA) is 65.7 Å². The van der Waals surface area contributed by atoms with Gasteiger partial charge in [0, 0.05) is 0 Å².